The van der Waals surface area contributed by atoms with Crippen molar-refractivity contribution in [2.45, 2.75) is 231 Å². The number of aliphatic hydroxyl groups excluding tert-OH is 1. The van der Waals surface area contributed by atoms with Gasteiger partial charge in [0.25, 0.3) is 0 Å². The van der Waals surface area contributed by atoms with Crippen molar-refractivity contribution in [2.24, 2.45) is 0 Å². The zero-order valence-corrected chi connectivity index (χ0v) is 37.4. The number of nitrogens with one attached hydrogen (secondary N) is 1. The van der Waals surface area contributed by atoms with Crippen molar-refractivity contribution in [2.75, 3.05) is 40.9 Å². The Morgan fingerprint density at radius 3 is 1.43 bits per heavy atom. The molecule has 0 aromatic carbocycles. The first-order valence-electron chi connectivity index (χ1n) is 23.1. The van der Waals surface area contributed by atoms with Crippen molar-refractivity contribution < 1.29 is 32.9 Å². The minimum absolute atomic E-state index is 0.0762. The summed E-state index contributed by atoms with van der Waals surface area (Å²) < 4.78 is 23.6. The quantitative estimate of drug-likeness (QED) is 0.0246. The molecule has 3 N–H and O–H groups in total. The topological polar surface area (TPSA) is 105 Å². The number of phosphoric acid groups is 1. The number of hydrogen-bond acceptors (Lipinski definition) is 5. The molecule has 0 spiro atoms. The lowest BCUT2D eigenvalue weighted by atomic mass is 10.0. The molecule has 0 heterocycles. The predicted molar refractivity (Wildman–Crippen MR) is 231 cm³/mol. The summed E-state index contributed by atoms with van der Waals surface area (Å²) in [6.07, 6.45) is 42.3. The molecular formula is C45H92N2O6P+. The monoisotopic (exact) mass is 788 g/mol. The maximum Gasteiger partial charge on any atom is 0.472 e. The summed E-state index contributed by atoms with van der Waals surface area (Å²) in [6, 6.07) is -0.756. The Labute approximate surface area is 335 Å². The zero-order valence-electron chi connectivity index (χ0n) is 36.5. The van der Waals surface area contributed by atoms with Gasteiger partial charge >= 0.3 is 7.82 Å². The van der Waals surface area contributed by atoms with Crippen molar-refractivity contribution in [1.82, 2.24) is 5.32 Å². The molecule has 0 aromatic rings. The average molecular weight is 788 g/mol. The fourth-order valence-electron chi connectivity index (χ4n) is 6.81. The highest BCUT2D eigenvalue weighted by Crippen LogP contribution is 2.43. The number of phosphoric ester groups is 1. The molecule has 1 unspecified atom stereocenters. The summed E-state index contributed by atoms with van der Waals surface area (Å²) in [4.78, 5) is 23.1. The van der Waals surface area contributed by atoms with Crippen LogP contribution in [-0.4, -0.2) is 73.4 Å². The van der Waals surface area contributed by atoms with Gasteiger partial charge < -0.3 is 19.8 Å². The third-order valence-electron chi connectivity index (χ3n) is 10.5. The summed E-state index contributed by atoms with van der Waals surface area (Å²) in [5, 5.41) is 14.0. The summed E-state index contributed by atoms with van der Waals surface area (Å²) in [5.74, 6) is -0.146. The van der Waals surface area contributed by atoms with E-state index in [1.54, 1.807) is 0 Å². The lowest BCUT2D eigenvalue weighted by Crippen LogP contribution is -2.46. The van der Waals surface area contributed by atoms with E-state index in [2.05, 4.69) is 31.3 Å². The van der Waals surface area contributed by atoms with Gasteiger partial charge in [0.1, 0.15) is 13.2 Å². The molecule has 0 rings (SSSR count). The van der Waals surface area contributed by atoms with Crippen LogP contribution in [0.4, 0.5) is 0 Å². The van der Waals surface area contributed by atoms with Gasteiger partial charge in [-0.2, -0.15) is 0 Å². The van der Waals surface area contributed by atoms with Gasteiger partial charge in [0.15, 0.2) is 0 Å². The van der Waals surface area contributed by atoms with Crippen LogP contribution < -0.4 is 5.32 Å². The number of carbonyl (C=O) groups is 1. The van der Waals surface area contributed by atoms with Crippen molar-refractivity contribution in [3.63, 3.8) is 0 Å². The smallest absolute Gasteiger partial charge is 0.391 e. The Hall–Kier alpha value is -0.760. The van der Waals surface area contributed by atoms with E-state index in [4.69, 9.17) is 9.05 Å². The van der Waals surface area contributed by atoms with E-state index in [1.807, 2.05) is 21.1 Å². The molecule has 0 aliphatic carbocycles. The SMILES string of the molecule is CCCCCCCC/C=C/CCCCCCCCCCCC(=O)N[C@@H](COP(=O)(O)OCC[N+](C)(C)C)[C@H](O)CCCCCCCCCCCCCCC. The molecule has 1 amide bonds. The van der Waals surface area contributed by atoms with Gasteiger partial charge in [0.2, 0.25) is 5.91 Å². The van der Waals surface area contributed by atoms with Gasteiger partial charge in [-0.15, -0.1) is 0 Å². The van der Waals surface area contributed by atoms with E-state index in [-0.39, 0.29) is 19.1 Å². The van der Waals surface area contributed by atoms with Crippen molar-refractivity contribution in [1.29, 1.82) is 0 Å². The molecular weight excluding hydrogens is 695 g/mol. The zero-order chi connectivity index (χ0) is 40.0. The number of unbranched alkanes of at least 4 members (excludes halogenated alkanes) is 27. The van der Waals surface area contributed by atoms with Crippen LogP contribution in [0.25, 0.3) is 0 Å². The number of allylic oxidation sites excluding steroid dienone is 2. The van der Waals surface area contributed by atoms with Gasteiger partial charge in [0, 0.05) is 6.42 Å². The van der Waals surface area contributed by atoms with Gasteiger partial charge in [0.05, 0.1) is 39.9 Å². The average Bonchev–Trinajstić information content (AvgIpc) is 3.12. The minimum atomic E-state index is -4.31. The molecule has 0 aliphatic heterocycles. The maximum atomic E-state index is 12.9. The molecule has 0 aromatic heterocycles. The second kappa shape index (κ2) is 37.8. The molecule has 54 heavy (non-hydrogen) atoms. The van der Waals surface area contributed by atoms with Crippen molar-refractivity contribution >= 4 is 13.7 Å². The molecule has 0 radical (unpaired) electrons. The Morgan fingerprint density at radius 2 is 1.00 bits per heavy atom. The standard InChI is InChI=1S/C45H91N2O6P/c1-6-8-10-12-14-16-18-20-21-22-23-24-25-27-29-31-33-35-37-39-45(49)46-43(42-53-54(50,51)52-41-40-47(3,4)5)44(48)38-36-34-32-30-28-26-19-17-15-13-11-9-7-2/h20-21,43-44,48H,6-19,22-42H2,1-5H3,(H-,46,49,50,51)/p+1/b21-20+/t43-,44+/m0/s1. The van der Waals surface area contributed by atoms with Gasteiger partial charge in [-0.3, -0.25) is 13.8 Å². The van der Waals surface area contributed by atoms with Crippen LogP contribution in [0.1, 0.15) is 219 Å². The first-order valence-corrected chi connectivity index (χ1v) is 24.5. The Balaban J connectivity index is 4.30. The van der Waals surface area contributed by atoms with E-state index in [0.29, 0.717) is 23.9 Å². The highest BCUT2D eigenvalue weighted by atomic mass is 31.2. The minimum Gasteiger partial charge on any atom is -0.391 e. The van der Waals surface area contributed by atoms with E-state index in [9.17, 15) is 19.4 Å². The fraction of sp³-hybridized carbons (Fsp3) is 0.933. The lowest BCUT2D eigenvalue weighted by Gasteiger charge is -2.26. The third-order valence-corrected chi connectivity index (χ3v) is 11.5. The number of quaternary nitrogens is 1. The van der Waals surface area contributed by atoms with Crippen LogP contribution in [0.5, 0.6) is 0 Å². The van der Waals surface area contributed by atoms with Crippen LogP contribution >= 0.6 is 7.82 Å². The normalized spacial score (nSPS) is 14.4. The number of hydrogen-bond donors (Lipinski definition) is 3. The van der Waals surface area contributed by atoms with Crippen LogP contribution in [-0.2, 0) is 18.4 Å². The van der Waals surface area contributed by atoms with Gasteiger partial charge in [-0.25, -0.2) is 4.57 Å². The number of aliphatic hydroxyl groups is 1. The highest BCUT2D eigenvalue weighted by Gasteiger charge is 2.28. The first kappa shape index (κ1) is 53.2. The predicted octanol–water partition coefficient (Wildman–Crippen LogP) is 12.8. The Bertz CT molecular complexity index is 896. The van der Waals surface area contributed by atoms with Crippen LogP contribution in [0.15, 0.2) is 12.2 Å². The number of amides is 1. The Morgan fingerprint density at radius 1 is 0.611 bits per heavy atom. The second-order valence-corrected chi connectivity index (χ2v) is 18.6. The largest absolute Gasteiger partial charge is 0.472 e. The molecule has 8 nitrogen and oxygen atoms in total. The van der Waals surface area contributed by atoms with E-state index in [0.717, 1.165) is 38.5 Å². The van der Waals surface area contributed by atoms with Crippen molar-refractivity contribution in [3.8, 4) is 0 Å². The highest BCUT2D eigenvalue weighted by molar-refractivity contribution is 7.47. The molecule has 0 fully saturated rings. The molecule has 322 valence electrons. The summed E-state index contributed by atoms with van der Waals surface area (Å²) >= 11 is 0. The summed E-state index contributed by atoms with van der Waals surface area (Å²) in [5.41, 5.74) is 0. The van der Waals surface area contributed by atoms with E-state index >= 15 is 0 Å². The van der Waals surface area contributed by atoms with E-state index < -0.39 is 20.0 Å². The Kier molecular flexibility index (Phi) is 37.3. The van der Waals surface area contributed by atoms with Crippen LogP contribution in [0.2, 0.25) is 0 Å². The van der Waals surface area contributed by atoms with E-state index in [1.165, 1.54) is 154 Å². The van der Waals surface area contributed by atoms with Gasteiger partial charge in [-0.1, -0.05) is 187 Å². The third kappa shape index (κ3) is 39.5. The molecule has 0 saturated heterocycles. The lowest BCUT2D eigenvalue weighted by molar-refractivity contribution is -0.870. The first-order chi connectivity index (χ1) is 26.0. The molecule has 3 atom stereocenters. The number of nitrogens with zero attached hydrogens (tertiary/aromatic N) is 1. The summed E-state index contributed by atoms with van der Waals surface area (Å²) in [7, 11) is 1.62. The maximum absolute atomic E-state index is 12.9. The van der Waals surface area contributed by atoms with Gasteiger partial charge in [-0.05, 0) is 38.5 Å². The van der Waals surface area contributed by atoms with Crippen LogP contribution in [0.3, 0.4) is 0 Å². The fourth-order valence-corrected chi connectivity index (χ4v) is 7.54. The summed E-state index contributed by atoms with van der Waals surface area (Å²) in [6.45, 7) is 4.89. The van der Waals surface area contributed by atoms with Crippen molar-refractivity contribution in [3.05, 3.63) is 12.2 Å². The molecule has 0 bridgehead atoms. The molecule has 0 saturated carbocycles. The second-order valence-electron chi connectivity index (χ2n) is 17.1. The molecule has 9 heteroatoms. The number of carbonyl (C=O) groups excluding carboxylic acids is 1. The number of rotatable bonds is 42. The van der Waals surface area contributed by atoms with Crippen LogP contribution in [0, 0.1) is 0 Å². The number of likely N-dealkylation sites (N-methyl/N-ethyl adjacent to an activating group) is 1. The molecule has 0 aliphatic rings.